The Balaban J connectivity index is 2.75. The van der Waals surface area contributed by atoms with Gasteiger partial charge in [-0.3, -0.25) is 0 Å². The topological polar surface area (TPSA) is 39.4 Å². The average Bonchev–Trinajstić information content (AvgIpc) is 2.43. The minimum absolute atomic E-state index is 0.575. The van der Waals surface area contributed by atoms with Crippen molar-refractivity contribution in [1.82, 2.24) is 14.6 Å². The van der Waals surface area contributed by atoms with Crippen LogP contribution in [-0.2, 0) is 0 Å². The molecule has 0 spiro atoms. The maximum Gasteiger partial charge on any atom is 0.231 e. The molecule has 0 saturated carbocycles. The first-order valence-corrected chi connectivity index (χ1v) is 4.57. The van der Waals surface area contributed by atoms with Gasteiger partial charge in [0.1, 0.15) is 4.60 Å². The maximum atomic E-state index is 5.01. The van der Waals surface area contributed by atoms with E-state index in [0.29, 0.717) is 5.88 Å². The third kappa shape index (κ3) is 1.29. The van der Waals surface area contributed by atoms with Crippen LogP contribution in [0.5, 0.6) is 5.88 Å². The van der Waals surface area contributed by atoms with Crippen molar-refractivity contribution >= 4 is 21.6 Å². The number of nitrogens with zero attached hydrogens (tertiary/aromatic N) is 3. The third-order valence-corrected chi connectivity index (χ3v) is 2.68. The molecule has 13 heavy (non-hydrogen) atoms. The Morgan fingerprint density at radius 2 is 2.23 bits per heavy atom. The number of hydrogen-bond donors (Lipinski definition) is 0. The van der Waals surface area contributed by atoms with Gasteiger partial charge in [0.2, 0.25) is 5.88 Å². The fraction of sp³-hybridized carbons (Fsp3) is 0.250. The van der Waals surface area contributed by atoms with Gasteiger partial charge in [-0.05, 0) is 28.9 Å². The van der Waals surface area contributed by atoms with E-state index in [0.717, 1.165) is 15.9 Å². The van der Waals surface area contributed by atoms with Crippen LogP contribution in [0.2, 0.25) is 0 Å². The number of rotatable bonds is 1. The van der Waals surface area contributed by atoms with Crippen LogP contribution in [0.25, 0.3) is 5.65 Å². The van der Waals surface area contributed by atoms with E-state index in [1.54, 1.807) is 17.7 Å². The summed E-state index contributed by atoms with van der Waals surface area (Å²) in [4.78, 5) is 4.29. The Kier molecular flexibility index (Phi) is 1.95. The first-order chi connectivity index (χ1) is 6.22. The largest absolute Gasteiger partial charge is 0.480 e. The predicted molar refractivity (Wildman–Crippen MR) is 52.0 cm³/mol. The summed E-state index contributed by atoms with van der Waals surface area (Å²) in [5, 5.41) is 4.20. The summed E-state index contributed by atoms with van der Waals surface area (Å²) in [6.45, 7) is 1.92. The van der Waals surface area contributed by atoms with E-state index in [1.807, 2.05) is 13.0 Å². The molecule has 0 radical (unpaired) electrons. The Morgan fingerprint density at radius 1 is 1.46 bits per heavy atom. The Morgan fingerprint density at radius 3 is 2.92 bits per heavy atom. The van der Waals surface area contributed by atoms with E-state index >= 15 is 0 Å². The minimum Gasteiger partial charge on any atom is -0.480 e. The molecule has 0 amide bonds. The van der Waals surface area contributed by atoms with Gasteiger partial charge in [-0.15, -0.1) is 5.10 Å². The van der Waals surface area contributed by atoms with Crippen LogP contribution in [0.3, 0.4) is 0 Å². The van der Waals surface area contributed by atoms with Gasteiger partial charge < -0.3 is 4.74 Å². The Bertz CT molecular complexity index is 452. The number of aryl methyl sites for hydroxylation is 1. The third-order valence-electron chi connectivity index (χ3n) is 1.77. The molecule has 68 valence electrons. The van der Waals surface area contributed by atoms with E-state index in [9.17, 15) is 0 Å². The van der Waals surface area contributed by atoms with Crippen LogP contribution in [-0.4, -0.2) is 21.7 Å². The zero-order valence-corrected chi connectivity index (χ0v) is 8.87. The van der Waals surface area contributed by atoms with Crippen molar-refractivity contribution in [3.05, 3.63) is 22.4 Å². The number of halogens is 1. The van der Waals surface area contributed by atoms with Gasteiger partial charge in [-0.2, -0.15) is 0 Å². The van der Waals surface area contributed by atoms with Crippen molar-refractivity contribution < 1.29 is 4.74 Å². The molecule has 2 aromatic rings. The monoisotopic (exact) mass is 241 g/mol. The van der Waals surface area contributed by atoms with E-state index in [1.165, 1.54) is 0 Å². The van der Waals surface area contributed by atoms with Gasteiger partial charge in [-0.25, -0.2) is 9.50 Å². The predicted octanol–water partition coefficient (Wildman–Crippen LogP) is 1.81. The zero-order valence-electron chi connectivity index (χ0n) is 7.28. The lowest BCUT2D eigenvalue weighted by atomic mass is 10.5. The van der Waals surface area contributed by atoms with Crippen LogP contribution in [0.4, 0.5) is 0 Å². The zero-order chi connectivity index (χ0) is 9.42. The highest BCUT2D eigenvalue weighted by Gasteiger charge is 2.06. The average molecular weight is 242 g/mol. The van der Waals surface area contributed by atoms with Crippen molar-refractivity contribution in [1.29, 1.82) is 0 Å². The summed E-state index contributed by atoms with van der Waals surface area (Å²) in [6, 6.07) is 3.65. The lowest BCUT2D eigenvalue weighted by Crippen LogP contribution is -1.95. The molecule has 0 aromatic carbocycles. The fourth-order valence-electron chi connectivity index (χ4n) is 1.11. The minimum atomic E-state index is 0.575. The van der Waals surface area contributed by atoms with Crippen LogP contribution >= 0.6 is 15.9 Å². The molecule has 0 unspecified atom stereocenters. The van der Waals surface area contributed by atoms with Gasteiger partial charge >= 0.3 is 0 Å². The summed E-state index contributed by atoms with van der Waals surface area (Å²) in [5.41, 5.74) is 1.73. The van der Waals surface area contributed by atoms with Crippen molar-refractivity contribution in [3.63, 3.8) is 0 Å². The highest BCUT2D eigenvalue weighted by molar-refractivity contribution is 9.10. The molecule has 5 heteroatoms. The molecule has 0 aliphatic heterocycles. The number of ether oxygens (including phenoxy) is 1. The van der Waals surface area contributed by atoms with Gasteiger partial charge in [0.05, 0.1) is 12.8 Å². The number of fused-ring (bicyclic) bond motifs is 1. The molecule has 0 bridgehead atoms. The van der Waals surface area contributed by atoms with Crippen LogP contribution in [0.1, 0.15) is 5.69 Å². The van der Waals surface area contributed by atoms with Gasteiger partial charge in [0.15, 0.2) is 5.65 Å². The van der Waals surface area contributed by atoms with Gasteiger partial charge in [0.25, 0.3) is 0 Å². The van der Waals surface area contributed by atoms with Crippen LogP contribution in [0, 0.1) is 6.92 Å². The normalized spacial score (nSPS) is 10.7. The molecule has 0 N–H and O–H groups in total. The molecule has 2 aromatic heterocycles. The van der Waals surface area contributed by atoms with Gasteiger partial charge in [-0.1, -0.05) is 0 Å². The molecule has 0 saturated heterocycles. The molecule has 0 fully saturated rings. The second-order valence-corrected chi connectivity index (χ2v) is 3.38. The second-order valence-electron chi connectivity index (χ2n) is 2.63. The van der Waals surface area contributed by atoms with Gasteiger partial charge in [0, 0.05) is 6.07 Å². The molecule has 0 atom stereocenters. The summed E-state index contributed by atoms with van der Waals surface area (Å²) >= 11 is 3.40. The standard InChI is InChI=1S/C8H8BrN3O/c1-5-8(9)12-6(10-5)3-4-7(11-12)13-2/h3-4H,1-2H3. The highest BCUT2D eigenvalue weighted by Crippen LogP contribution is 2.18. The van der Waals surface area contributed by atoms with Crippen LogP contribution in [0.15, 0.2) is 16.7 Å². The molecule has 2 heterocycles. The van der Waals surface area contributed by atoms with E-state index < -0.39 is 0 Å². The second kappa shape index (κ2) is 2.99. The van der Waals surface area contributed by atoms with Crippen molar-refractivity contribution in [3.8, 4) is 5.88 Å². The van der Waals surface area contributed by atoms with Crippen LogP contribution < -0.4 is 4.74 Å². The summed E-state index contributed by atoms with van der Waals surface area (Å²) in [5.74, 6) is 0.575. The van der Waals surface area contributed by atoms with Crippen molar-refractivity contribution in [2.75, 3.05) is 7.11 Å². The quantitative estimate of drug-likeness (QED) is 0.765. The van der Waals surface area contributed by atoms with E-state index in [-0.39, 0.29) is 0 Å². The molecular weight excluding hydrogens is 234 g/mol. The first kappa shape index (κ1) is 8.50. The maximum absolute atomic E-state index is 5.01. The number of aromatic nitrogens is 3. The molecule has 2 rings (SSSR count). The summed E-state index contributed by atoms with van der Waals surface area (Å²) < 4.78 is 7.57. The molecule has 4 nitrogen and oxygen atoms in total. The molecular formula is C8H8BrN3O. The number of imidazole rings is 1. The van der Waals surface area contributed by atoms with Crippen molar-refractivity contribution in [2.45, 2.75) is 6.92 Å². The fourth-order valence-corrected chi connectivity index (χ4v) is 1.46. The molecule has 0 aliphatic carbocycles. The van der Waals surface area contributed by atoms with E-state index in [2.05, 4.69) is 26.0 Å². The highest BCUT2D eigenvalue weighted by atomic mass is 79.9. The smallest absolute Gasteiger partial charge is 0.231 e. The summed E-state index contributed by atoms with van der Waals surface area (Å²) in [7, 11) is 1.59. The SMILES string of the molecule is COc1ccc2nc(C)c(Br)n2n1. The lowest BCUT2D eigenvalue weighted by Gasteiger charge is -1.98. The Labute approximate surface area is 83.7 Å². The lowest BCUT2D eigenvalue weighted by molar-refractivity contribution is 0.389. The molecule has 0 aliphatic rings. The summed E-state index contributed by atoms with van der Waals surface area (Å²) in [6.07, 6.45) is 0. The van der Waals surface area contributed by atoms with E-state index in [4.69, 9.17) is 4.74 Å². The number of methoxy groups -OCH3 is 1. The first-order valence-electron chi connectivity index (χ1n) is 3.78. The number of hydrogen-bond acceptors (Lipinski definition) is 3. The Hall–Kier alpha value is -1.10. The van der Waals surface area contributed by atoms with Crippen molar-refractivity contribution in [2.24, 2.45) is 0 Å².